The zero-order valence-electron chi connectivity index (χ0n) is 13.4. The molecule has 0 saturated carbocycles. The minimum Gasteiger partial charge on any atom is -0.466 e. The van der Waals surface area contributed by atoms with Gasteiger partial charge in [-0.2, -0.15) is 0 Å². The Hall–Kier alpha value is -2.23. The fourth-order valence-electron chi connectivity index (χ4n) is 2.44. The van der Waals surface area contributed by atoms with Crippen LogP contribution in [-0.2, 0) is 16.0 Å². The Kier molecular flexibility index (Phi) is 5.64. The normalized spacial score (nSPS) is 12.0. The van der Waals surface area contributed by atoms with Crippen molar-refractivity contribution >= 4 is 5.97 Å². The molecule has 0 aliphatic rings. The molecule has 0 aliphatic carbocycles. The third kappa shape index (κ3) is 3.91. The molecule has 22 heavy (non-hydrogen) atoms. The Labute approximate surface area is 131 Å². The van der Waals surface area contributed by atoms with Gasteiger partial charge in [0.25, 0.3) is 0 Å². The van der Waals surface area contributed by atoms with E-state index in [1.54, 1.807) is 12.4 Å². The van der Waals surface area contributed by atoms with Gasteiger partial charge in [0.05, 0.1) is 12.5 Å². The highest BCUT2D eigenvalue weighted by atomic mass is 16.5. The van der Waals surface area contributed by atoms with Gasteiger partial charge in [-0.1, -0.05) is 25.1 Å². The average molecular weight is 298 g/mol. The second kappa shape index (κ2) is 7.69. The summed E-state index contributed by atoms with van der Waals surface area (Å²) in [7, 11) is 0. The van der Waals surface area contributed by atoms with Crippen molar-refractivity contribution in [2.24, 2.45) is 5.92 Å². The van der Waals surface area contributed by atoms with Gasteiger partial charge < -0.3 is 4.74 Å². The van der Waals surface area contributed by atoms with Crippen molar-refractivity contribution in [1.82, 2.24) is 9.97 Å². The number of carbonyl (C=O) groups is 1. The second-order valence-electron chi connectivity index (χ2n) is 5.33. The van der Waals surface area contributed by atoms with E-state index in [1.165, 1.54) is 17.5 Å². The quantitative estimate of drug-likeness (QED) is 0.765. The van der Waals surface area contributed by atoms with Crippen LogP contribution >= 0.6 is 0 Å². The first-order valence-corrected chi connectivity index (χ1v) is 7.67. The van der Waals surface area contributed by atoms with Crippen molar-refractivity contribution in [2.75, 3.05) is 6.61 Å². The summed E-state index contributed by atoms with van der Waals surface area (Å²) in [6.45, 7) is 6.35. The molecular weight excluding hydrogens is 276 g/mol. The number of ether oxygens (including phenoxy) is 1. The molecule has 0 fully saturated rings. The van der Waals surface area contributed by atoms with Gasteiger partial charge in [-0.05, 0) is 43.4 Å². The number of hydrogen-bond donors (Lipinski definition) is 0. The maximum atomic E-state index is 12.0. The summed E-state index contributed by atoms with van der Waals surface area (Å²) in [5.41, 5.74) is 4.40. The maximum Gasteiger partial charge on any atom is 0.309 e. The van der Waals surface area contributed by atoms with Gasteiger partial charge in [-0.25, -0.2) is 9.97 Å². The van der Waals surface area contributed by atoms with E-state index >= 15 is 0 Å². The molecule has 0 amide bonds. The first-order valence-electron chi connectivity index (χ1n) is 7.67. The molecule has 2 aromatic rings. The Bertz CT molecular complexity index is 626. The van der Waals surface area contributed by atoms with Crippen LogP contribution in [0.3, 0.4) is 0 Å². The van der Waals surface area contributed by atoms with Crippen molar-refractivity contribution in [1.29, 1.82) is 0 Å². The molecule has 1 unspecified atom stereocenters. The summed E-state index contributed by atoms with van der Waals surface area (Å²) in [4.78, 5) is 20.1. The van der Waals surface area contributed by atoms with E-state index in [9.17, 15) is 4.79 Å². The monoisotopic (exact) mass is 298 g/mol. The number of aryl methyl sites for hydroxylation is 1. The molecule has 4 heteroatoms. The molecule has 1 aromatic carbocycles. The van der Waals surface area contributed by atoms with Crippen molar-refractivity contribution in [2.45, 2.75) is 33.6 Å². The minimum atomic E-state index is -0.113. The van der Waals surface area contributed by atoms with Gasteiger partial charge in [0, 0.05) is 18.0 Å². The Morgan fingerprint density at radius 1 is 1.18 bits per heavy atom. The van der Waals surface area contributed by atoms with Gasteiger partial charge in [0.2, 0.25) is 0 Å². The predicted octanol–water partition coefficient (Wildman–Crippen LogP) is 3.58. The number of nitrogens with zero attached hydrogens (tertiary/aromatic N) is 2. The fraction of sp³-hybridized carbons (Fsp3) is 0.389. The van der Waals surface area contributed by atoms with Gasteiger partial charge in [0.15, 0.2) is 0 Å². The summed E-state index contributed by atoms with van der Waals surface area (Å²) in [6, 6.07) is 6.26. The summed E-state index contributed by atoms with van der Waals surface area (Å²) in [5.74, 6) is -0.209. The van der Waals surface area contributed by atoms with Crippen LogP contribution in [0, 0.1) is 12.8 Å². The Morgan fingerprint density at radius 2 is 1.91 bits per heavy atom. The third-order valence-electron chi connectivity index (χ3n) is 3.82. The summed E-state index contributed by atoms with van der Waals surface area (Å²) in [6.07, 6.45) is 6.58. The minimum absolute atomic E-state index is 0.0964. The fourth-order valence-corrected chi connectivity index (χ4v) is 2.44. The van der Waals surface area contributed by atoms with Gasteiger partial charge in [0.1, 0.15) is 6.33 Å². The molecule has 2 rings (SSSR count). The SMILES string of the molecule is CCOC(=O)C(CC)Cc1cc(-c2cncnc2)ccc1C. The highest BCUT2D eigenvalue weighted by Crippen LogP contribution is 2.24. The van der Waals surface area contributed by atoms with Crippen molar-refractivity contribution in [3.05, 3.63) is 48.0 Å². The van der Waals surface area contributed by atoms with Crippen LogP contribution < -0.4 is 0 Å². The number of aromatic nitrogens is 2. The Balaban J connectivity index is 2.25. The highest BCUT2D eigenvalue weighted by Gasteiger charge is 2.19. The molecule has 1 atom stereocenters. The molecule has 0 saturated heterocycles. The lowest BCUT2D eigenvalue weighted by Gasteiger charge is -2.16. The zero-order chi connectivity index (χ0) is 15.9. The number of esters is 1. The summed E-state index contributed by atoms with van der Waals surface area (Å²) >= 11 is 0. The lowest BCUT2D eigenvalue weighted by molar-refractivity contribution is -0.148. The van der Waals surface area contributed by atoms with Crippen molar-refractivity contribution in [3.8, 4) is 11.1 Å². The lowest BCUT2D eigenvalue weighted by atomic mass is 9.92. The molecule has 1 heterocycles. The van der Waals surface area contributed by atoms with Gasteiger partial charge >= 0.3 is 5.97 Å². The van der Waals surface area contributed by atoms with E-state index in [0.29, 0.717) is 13.0 Å². The van der Waals surface area contributed by atoms with Crippen molar-refractivity contribution < 1.29 is 9.53 Å². The predicted molar refractivity (Wildman–Crippen MR) is 86.3 cm³/mol. The van der Waals surface area contributed by atoms with E-state index in [2.05, 4.69) is 35.1 Å². The Morgan fingerprint density at radius 3 is 2.55 bits per heavy atom. The van der Waals surface area contributed by atoms with Crippen LogP contribution in [0.25, 0.3) is 11.1 Å². The molecule has 4 nitrogen and oxygen atoms in total. The van der Waals surface area contributed by atoms with E-state index in [1.807, 2.05) is 13.8 Å². The van der Waals surface area contributed by atoms with Crippen LogP contribution in [0.5, 0.6) is 0 Å². The van der Waals surface area contributed by atoms with E-state index in [-0.39, 0.29) is 11.9 Å². The number of rotatable bonds is 6. The number of benzene rings is 1. The number of carbonyl (C=O) groups excluding carboxylic acids is 1. The lowest BCUT2D eigenvalue weighted by Crippen LogP contribution is -2.19. The second-order valence-corrected chi connectivity index (χ2v) is 5.33. The molecule has 0 N–H and O–H groups in total. The summed E-state index contributed by atoms with van der Waals surface area (Å²) in [5, 5.41) is 0. The largest absolute Gasteiger partial charge is 0.466 e. The van der Waals surface area contributed by atoms with Crippen LogP contribution in [-0.4, -0.2) is 22.5 Å². The topological polar surface area (TPSA) is 52.1 Å². The maximum absolute atomic E-state index is 12.0. The smallest absolute Gasteiger partial charge is 0.309 e. The third-order valence-corrected chi connectivity index (χ3v) is 3.82. The zero-order valence-corrected chi connectivity index (χ0v) is 13.4. The summed E-state index contributed by atoms with van der Waals surface area (Å²) < 4.78 is 5.16. The molecule has 0 radical (unpaired) electrons. The standard InChI is InChI=1S/C18H22N2O2/c1-4-14(18(21)22-5-2)8-16-9-15(7-6-13(16)3)17-10-19-12-20-11-17/h6-7,9-12,14H,4-5,8H2,1-3H3. The number of hydrogen-bond acceptors (Lipinski definition) is 4. The molecule has 1 aromatic heterocycles. The van der Waals surface area contributed by atoms with Gasteiger partial charge in [-0.3, -0.25) is 4.79 Å². The molecule has 0 bridgehead atoms. The van der Waals surface area contributed by atoms with Crippen LogP contribution in [0.15, 0.2) is 36.9 Å². The first-order chi connectivity index (χ1) is 10.7. The first kappa shape index (κ1) is 16.1. The van der Waals surface area contributed by atoms with Gasteiger partial charge in [-0.15, -0.1) is 0 Å². The average Bonchev–Trinajstić information content (AvgIpc) is 2.55. The van der Waals surface area contributed by atoms with E-state index in [0.717, 1.165) is 17.5 Å². The van der Waals surface area contributed by atoms with Crippen molar-refractivity contribution in [3.63, 3.8) is 0 Å². The van der Waals surface area contributed by atoms with E-state index in [4.69, 9.17) is 4.74 Å². The van der Waals surface area contributed by atoms with Crippen LogP contribution in [0.1, 0.15) is 31.4 Å². The molecule has 116 valence electrons. The molecule has 0 spiro atoms. The molecular formula is C18H22N2O2. The molecule has 0 aliphatic heterocycles. The van der Waals surface area contributed by atoms with Crippen LogP contribution in [0.4, 0.5) is 0 Å². The van der Waals surface area contributed by atoms with Crippen LogP contribution in [0.2, 0.25) is 0 Å². The van der Waals surface area contributed by atoms with E-state index < -0.39 is 0 Å². The highest BCUT2D eigenvalue weighted by molar-refractivity contribution is 5.73.